The molecule has 0 saturated carbocycles. The van der Waals surface area contributed by atoms with E-state index in [4.69, 9.17) is 5.26 Å². The van der Waals surface area contributed by atoms with Crippen LogP contribution in [0.15, 0.2) is 24.3 Å². The number of benzene rings is 1. The Kier molecular flexibility index (Phi) is 3.40. The molecule has 0 aliphatic carbocycles. The summed E-state index contributed by atoms with van der Waals surface area (Å²) in [6.45, 7) is 1.09. The number of aliphatic hydroxyl groups is 1. The molecule has 1 amide bonds. The lowest BCUT2D eigenvalue weighted by Gasteiger charge is -2.30. The molecule has 88 valence electrons. The van der Waals surface area contributed by atoms with Crippen LogP contribution in [-0.2, 0) is 0 Å². The summed E-state index contributed by atoms with van der Waals surface area (Å²) in [5.74, 6) is -0.0757. The molecule has 1 aromatic rings. The van der Waals surface area contributed by atoms with Gasteiger partial charge in [-0.1, -0.05) is 0 Å². The molecule has 4 heteroatoms. The standard InChI is InChI=1S/C13H14N2O2/c14-8-10-3-5-11(6-4-10)13(17)15-7-1-2-12(16)9-15/h3-6,12,16H,1-2,7,9H2/t12-/m0/s1. The van der Waals surface area contributed by atoms with Crippen LogP contribution in [0.2, 0.25) is 0 Å². The van der Waals surface area contributed by atoms with Gasteiger partial charge in [-0.05, 0) is 37.1 Å². The summed E-state index contributed by atoms with van der Waals surface area (Å²) in [7, 11) is 0. The fourth-order valence-electron chi connectivity index (χ4n) is 2.01. The Morgan fingerprint density at radius 1 is 1.41 bits per heavy atom. The first kappa shape index (κ1) is 11.6. The first-order valence-corrected chi connectivity index (χ1v) is 5.68. The zero-order valence-electron chi connectivity index (χ0n) is 9.47. The van der Waals surface area contributed by atoms with E-state index in [1.54, 1.807) is 29.2 Å². The van der Waals surface area contributed by atoms with E-state index in [2.05, 4.69) is 0 Å². The van der Waals surface area contributed by atoms with Gasteiger partial charge in [-0.25, -0.2) is 0 Å². The molecular weight excluding hydrogens is 216 g/mol. The fourth-order valence-corrected chi connectivity index (χ4v) is 2.01. The zero-order chi connectivity index (χ0) is 12.3. The number of rotatable bonds is 1. The van der Waals surface area contributed by atoms with Crippen molar-refractivity contribution >= 4 is 5.91 Å². The van der Waals surface area contributed by atoms with Gasteiger partial charge in [0.05, 0.1) is 17.7 Å². The van der Waals surface area contributed by atoms with Crippen molar-refractivity contribution in [2.24, 2.45) is 0 Å². The SMILES string of the molecule is N#Cc1ccc(C(=O)N2CCC[C@H](O)C2)cc1. The molecular formula is C13H14N2O2. The molecule has 1 fully saturated rings. The summed E-state index contributed by atoms with van der Waals surface area (Å²) in [5, 5.41) is 18.2. The lowest BCUT2D eigenvalue weighted by Crippen LogP contribution is -2.42. The molecule has 1 N–H and O–H groups in total. The molecule has 2 rings (SSSR count). The Morgan fingerprint density at radius 2 is 2.12 bits per heavy atom. The highest BCUT2D eigenvalue weighted by atomic mass is 16.3. The fraction of sp³-hybridized carbons (Fsp3) is 0.385. The molecule has 1 aromatic carbocycles. The number of carbonyl (C=O) groups is 1. The van der Waals surface area contributed by atoms with Gasteiger partial charge in [0, 0.05) is 18.7 Å². The maximum atomic E-state index is 12.1. The third-order valence-corrected chi connectivity index (χ3v) is 2.94. The number of hydrogen-bond acceptors (Lipinski definition) is 3. The smallest absolute Gasteiger partial charge is 0.253 e. The minimum atomic E-state index is -0.411. The van der Waals surface area contributed by atoms with E-state index in [0.29, 0.717) is 24.2 Å². The van der Waals surface area contributed by atoms with Gasteiger partial charge in [-0.3, -0.25) is 4.79 Å². The first-order chi connectivity index (χ1) is 8.20. The second kappa shape index (κ2) is 4.98. The topological polar surface area (TPSA) is 64.3 Å². The average molecular weight is 230 g/mol. The molecule has 1 aliphatic rings. The average Bonchev–Trinajstić information content (AvgIpc) is 2.38. The number of aliphatic hydroxyl groups excluding tert-OH is 1. The molecule has 1 atom stereocenters. The van der Waals surface area contributed by atoms with Crippen molar-refractivity contribution in [1.29, 1.82) is 5.26 Å². The summed E-state index contributed by atoms with van der Waals surface area (Å²) in [6.07, 6.45) is 1.19. The Bertz CT molecular complexity index is 447. The Balaban J connectivity index is 2.11. The quantitative estimate of drug-likeness (QED) is 0.787. The molecule has 17 heavy (non-hydrogen) atoms. The zero-order valence-corrected chi connectivity index (χ0v) is 9.47. The molecule has 0 spiro atoms. The van der Waals surface area contributed by atoms with Crippen molar-refractivity contribution in [3.05, 3.63) is 35.4 Å². The Labute approximate surface area is 100 Å². The minimum absolute atomic E-state index is 0.0757. The van der Waals surface area contributed by atoms with Gasteiger partial charge < -0.3 is 10.0 Å². The van der Waals surface area contributed by atoms with Crippen molar-refractivity contribution in [3.8, 4) is 6.07 Å². The number of hydrogen-bond donors (Lipinski definition) is 1. The summed E-state index contributed by atoms with van der Waals surface area (Å²) in [4.78, 5) is 13.7. The minimum Gasteiger partial charge on any atom is -0.391 e. The van der Waals surface area contributed by atoms with Crippen molar-refractivity contribution in [1.82, 2.24) is 4.90 Å². The number of nitrogens with zero attached hydrogens (tertiary/aromatic N) is 2. The van der Waals surface area contributed by atoms with Gasteiger partial charge in [0.25, 0.3) is 5.91 Å². The van der Waals surface area contributed by atoms with Gasteiger partial charge in [0.2, 0.25) is 0 Å². The number of nitriles is 1. The highest BCUT2D eigenvalue weighted by Gasteiger charge is 2.22. The molecule has 0 radical (unpaired) electrons. The van der Waals surface area contributed by atoms with E-state index in [0.717, 1.165) is 12.8 Å². The lowest BCUT2D eigenvalue weighted by atomic mass is 10.1. The van der Waals surface area contributed by atoms with E-state index in [-0.39, 0.29) is 5.91 Å². The van der Waals surface area contributed by atoms with Crippen LogP contribution in [0.25, 0.3) is 0 Å². The summed E-state index contributed by atoms with van der Waals surface area (Å²) < 4.78 is 0. The summed E-state index contributed by atoms with van der Waals surface area (Å²) in [5.41, 5.74) is 1.11. The highest BCUT2D eigenvalue weighted by Crippen LogP contribution is 2.14. The van der Waals surface area contributed by atoms with Crippen molar-refractivity contribution < 1.29 is 9.90 Å². The van der Waals surface area contributed by atoms with E-state index >= 15 is 0 Å². The summed E-state index contributed by atoms with van der Waals surface area (Å²) in [6, 6.07) is 8.59. The van der Waals surface area contributed by atoms with Gasteiger partial charge >= 0.3 is 0 Å². The number of β-amino-alcohol motifs (C(OH)–C–C–N with tert-alkyl or cyclic N) is 1. The second-order valence-electron chi connectivity index (χ2n) is 4.24. The molecule has 4 nitrogen and oxygen atoms in total. The largest absolute Gasteiger partial charge is 0.391 e. The van der Waals surface area contributed by atoms with Crippen LogP contribution in [0.5, 0.6) is 0 Å². The van der Waals surface area contributed by atoms with Gasteiger partial charge in [0.1, 0.15) is 0 Å². The Hall–Kier alpha value is -1.86. The molecule has 1 heterocycles. The number of likely N-dealkylation sites (tertiary alicyclic amines) is 1. The normalized spacial score (nSPS) is 19.8. The second-order valence-corrected chi connectivity index (χ2v) is 4.24. The predicted molar refractivity (Wildman–Crippen MR) is 62.3 cm³/mol. The molecule has 0 unspecified atom stereocenters. The highest BCUT2D eigenvalue weighted by molar-refractivity contribution is 5.94. The number of amides is 1. The van der Waals surface area contributed by atoms with Crippen molar-refractivity contribution in [2.45, 2.75) is 18.9 Å². The molecule has 1 aliphatic heterocycles. The monoisotopic (exact) mass is 230 g/mol. The molecule has 0 bridgehead atoms. The van der Waals surface area contributed by atoms with Crippen LogP contribution in [0.1, 0.15) is 28.8 Å². The third kappa shape index (κ3) is 2.63. The van der Waals surface area contributed by atoms with Gasteiger partial charge in [-0.2, -0.15) is 5.26 Å². The van der Waals surface area contributed by atoms with Gasteiger partial charge in [-0.15, -0.1) is 0 Å². The molecule has 0 aromatic heterocycles. The lowest BCUT2D eigenvalue weighted by molar-refractivity contribution is 0.0474. The van der Waals surface area contributed by atoms with E-state index in [1.165, 1.54) is 0 Å². The van der Waals surface area contributed by atoms with E-state index in [1.807, 2.05) is 6.07 Å². The van der Waals surface area contributed by atoms with Gasteiger partial charge in [0.15, 0.2) is 0 Å². The maximum absolute atomic E-state index is 12.1. The van der Waals surface area contributed by atoms with Crippen LogP contribution in [0.4, 0.5) is 0 Å². The Morgan fingerprint density at radius 3 is 2.71 bits per heavy atom. The van der Waals surface area contributed by atoms with Crippen molar-refractivity contribution in [2.75, 3.05) is 13.1 Å². The van der Waals surface area contributed by atoms with Crippen LogP contribution in [0, 0.1) is 11.3 Å². The predicted octanol–water partition coefficient (Wildman–Crippen LogP) is 1.16. The van der Waals surface area contributed by atoms with E-state index < -0.39 is 6.10 Å². The van der Waals surface area contributed by atoms with Crippen LogP contribution in [0.3, 0.4) is 0 Å². The molecule has 1 saturated heterocycles. The van der Waals surface area contributed by atoms with Crippen LogP contribution < -0.4 is 0 Å². The van der Waals surface area contributed by atoms with Crippen LogP contribution >= 0.6 is 0 Å². The number of carbonyl (C=O) groups excluding carboxylic acids is 1. The number of piperidine rings is 1. The first-order valence-electron chi connectivity index (χ1n) is 5.68. The van der Waals surface area contributed by atoms with Crippen LogP contribution in [-0.4, -0.2) is 35.1 Å². The summed E-state index contributed by atoms with van der Waals surface area (Å²) >= 11 is 0. The maximum Gasteiger partial charge on any atom is 0.253 e. The van der Waals surface area contributed by atoms with E-state index in [9.17, 15) is 9.90 Å². The van der Waals surface area contributed by atoms with Crippen molar-refractivity contribution in [3.63, 3.8) is 0 Å². The third-order valence-electron chi connectivity index (χ3n) is 2.94.